The van der Waals surface area contributed by atoms with E-state index >= 15 is 0 Å². The Morgan fingerprint density at radius 1 is 1.21 bits per heavy atom. The molecule has 1 saturated carbocycles. The minimum atomic E-state index is -5.17. The molecule has 4 amide bonds. The van der Waals surface area contributed by atoms with Crippen LogP contribution in [0.2, 0.25) is 0 Å². The minimum Gasteiger partial charge on any atom is -0.503 e. The highest BCUT2D eigenvalue weighted by Crippen LogP contribution is 2.40. The molecule has 1 aliphatic carbocycles. The maximum absolute atomic E-state index is 13.3. The van der Waals surface area contributed by atoms with Gasteiger partial charge in [-0.2, -0.15) is 13.1 Å². The van der Waals surface area contributed by atoms with Crippen molar-refractivity contribution in [3.05, 3.63) is 56.8 Å². The van der Waals surface area contributed by atoms with E-state index in [0.717, 1.165) is 17.4 Å². The number of aromatic nitrogens is 3. The van der Waals surface area contributed by atoms with Crippen LogP contribution in [0.25, 0.3) is 0 Å². The Kier molecular flexibility index (Phi) is 9.09. The fourth-order valence-corrected chi connectivity index (χ4v) is 6.88. The molecule has 2 aliphatic heterocycles. The number of amides is 4. The molecule has 0 aromatic carbocycles. The largest absolute Gasteiger partial charge is 0.503 e. The number of nitrogen functional groups attached to an aromatic ring is 1. The molecule has 0 radical (unpaired) electrons. The third kappa shape index (κ3) is 6.82. The third-order valence-corrected chi connectivity index (χ3v) is 10.1. The normalized spacial score (nSPS) is 21.0. The highest BCUT2D eigenvalue weighted by atomic mass is 32.2. The van der Waals surface area contributed by atoms with Gasteiger partial charge in [0, 0.05) is 55.9 Å². The lowest BCUT2D eigenvalue weighted by Gasteiger charge is -2.44. The van der Waals surface area contributed by atoms with Crippen molar-refractivity contribution < 1.29 is 61.7 Å². The van der Waals surface area contributed by atoms with Gasteiger partial charge in [0.15, 0.2) is 16.6 Å². The van der Waals surface area contributed by atoms with E-state index in [-0.39, 0.29) is 58.2 Å². The number of carboxylic acid groups (broad SMARTS) is 1. The zero-order chi connectivity index (χ0) is 37.7. The molecular formula is C27H27N9O14S2. The van der Waals surface area contributed by atoms with Crippen LogP contribution >= 0.6 is 11.3 Å². The van der Waals surface area contributed by atoms with Crippen LogP contribution in [-0.4, -0.2) is 125 Å². The van der Waals surface area contributed by atoms with E-state index in [1.165, 1.54) is 16.3 Å². The van der Waals surface area contributed by atoms with Gasteiger partial charge in [0.25, 0.3) is 23.6 Å². The zero-order valence-electron chi connectivity index (χ0n) is 26.2. The zero-order valence-corrected chi connectivity index (χ0v) is 27.9. The number of nitrogens with two attached hydrogens (primary N) is 1. The Labute approximate surface area is 294 Å². The SMILES string of the molecule is Nc1nc(/C(=N/OC2(C(=O)O)CC2)C(=O)N[C@@H]2C(=O)N(S(=O)(=O)O)[C@@H]2CNC(=O)c2cc([C@H]3CCN(C(=O)c4cc(=O)c(O)cn4O)C3)no2)cs1. The number of carbonyl (C=O) groups excluding carboxylic acids is 4. The predicted molar refractivity (Wildman–Crippen MR) is 170 cm³/mol. The molecule has 3 aromatic rings. The summed E-state index contributed by atoms with van der Waals surface area (Å²) in [6.45, 7) is -0.422. The van der Waals surface area contributed by atoms with Gasteiger partial charge in [-0.1, -0.05) is 10.3 Å². The van der Waals surface area contributed by atoms with E-state index in [9.17, 15) is 57.2 Å². The van der Waals surface area contributed by atoms with Crippen LogP contribution < -0.4 is 21.8 Å². The van der Waals surface area contributed by atoms with Gasteiger partial charge in [0.2, 0.25) is 16.8 Å². The number of anilines is 1. The van der Waals surface area contributed by atoms with Crippen molar-refractivity contribution in [2.75, 3.05) is 25.4 Å². The van der Waals surface area contributed by atoms with E-state index < -0.39 is 86.9 Å². The number of nitrogens with zero attached hydrogens (tertiary/aromatic N) is 6. The van der Waals surface area contributed by atoms with E-state index in [0.29, 0.717) is 17.3 Å². The Hall–Kier alpha value is -6.08. The number of oxime groups is 1. The molecular weight excluding hydrogens is 738 g/mol. The molecule has 3 atom stereocenters. The number of carboxylic acids is 1. The van der Waals surface area contributed by atoms with Crippen LogP contribution in [-0.2, 0) is 29.5 Å². The van der Waals surface area contributed by atoms with Gasteiger partial charge in [-0.3, -0.25) is 28.5 Å². The molecule has 5 heterocycles. The number of nitrogens with one attached hydrogen (secondary N) is 2. The van der Waals surface area contributed by atoms with E-state index in [4.69, 9.17) is 15.1 Å². The topological polar surface area (TPSA) is 339 Å². The quantitative estimate of drug-likeness (QED) is 0.0335. The van der Waals surface area contributed by atoms with Gasteiger partial charge < -0.3 is 46.0 Å². The number of pyridine rings is 1. The van der Waals surface area contributed by atoms with Gasteiger partial charge in [0.05, 0.1) is 17.9 Å². The van der Waals surface area contributed by atoms with Gasteiger partial charge >= 0.3 is 16.3 Å². The summed E-state index contributed by atoms with van der Waals surface area (Å²) < 4.78 is 39.2. The smallest absolute Gasteiger partial charge is 0.362 e. The van der Waals surface area contributed by atoms with E-state index in [1.54, 1.807) is 0 Å². The molecule has 6 rings (SSSR count). The van der Waals surface area contributed by atoms with Crippen molar-refractivity contribution in [3.63, 3.8) is 0 Å². The molecule has 25 heteroatoms. The van der Waals surface area contributed by atoms with E-state index in [1.807, 2.05) is 0 Å². The summed E-state index contributed by atoms with van der Waals surface area (Å²) in [5, 5.41) is 42.2. The first-order valence-electron chi connectivity index (χ1n) is 15.0. The summed E-state index contributed by atoms with van der Waals surface area (Å²) in [6, 6.07) is -1.18. The minimum absolute atomic E-state index is 0.00873. The standard InChI is InChI=1S/C27H27N9O14S2/c28-26-30-13(10-51-26)19(33-50-27(2-3-27)25(43)44)22(40)31-20-15(36(24(20)42)52(46,47)48)7-29-21(39)18-5-12(32-49-18)11-1-4-34(8-11)23(41)14-6-16(37)17(38)9-35(14)45/h5-6,9-11,15,20,38,45H,1-4,7-8H2,(H2,28,30)(H,29,39)(H,31,40)(H,43,44)(H,46,47,48)/b33-19-/t11-,15+,20-/m0/s1. The second-order valence-electron chi connectivity index (χ2n) is 11.8. The number of hydrogen-bond acceptors (Lipinski definition) is 17. The fraction of sp³-hybridized carbons (Fsp3) is 0.370. The molecule has 23 nitrogen and oxygen atoms in total. The third-order valence-electron chi connectivity index (χ3n) is 8.44. The number of hydrogen-bond donors (Lipinski definition) is 7. The van der Waals surface area contributed by atoms with Crippen molar-refractivity contribution in [2.45, 2.75) is 42.9 Å². The van der Waals surface area contributed by atoms with Crippen LogP contribution in [0.1, 0.15) is 57.6 Å². The lowest BCUT2D eigenvalue weighted by molar-refractivity contribution is -0.153. The first kappa shape index (κ1) is 35.7. The van der Waals surface area contributed by atoms with Crippen molar-refractivity contribution in [3.8, 4) is 5.75 Å². The number of aromatic hydroxyl groups is 1. The highest BCUT2D eigenvalue weighted by molar-refractivity contribution is 7.84. The molecule has 2 saturated heterocycles. The average Bonchev–Trinajstić information content (AvgIpc) is 3.40. The number of carbonyl (C=O) groups is 5. The summed E-state index contributed by atoms with van der Waals surface area (Å²) in [6.07, 6.45) is 1.24. The molecule has 0 spiro atoms. The summed E-state index contributed by atoms with van der Waals surface area (Å²) in [7, 11) is -5.17. The van der Waals surface area contributed by atoms with Crippen molar-refractivity contribution in [1.82, 2.24) is 34.7 Å². The lowest BCUT2D eigenvalue weighted by atomic mass is 9.98. The Bertz CT molecular complexity index is 2190. The van der Waals surface area contributed by atoms with Gasteiger partial charge in [-0.15, -0.1) is 11.3 Å². The number of likely N-dealkylation sites (tertiary alicyclic amines) is 1. The van der Waals surface area contributed by atoms with Crippen LogP contribution in [0.4, 0.5) is 5.13 Å². The lowest BCUT2D eigenvalue weighted by Crippen LogP contribution is -2.74. The van der Waals surface area contributed by atoms with Crippen molar-refractivity contribution in [1.29, 1.82) is 0 Å². The summed E-state index contributed by atoms with van der Waals surface area (Å²) in [4.78, 5) is 85.6. The van der Waals surface area contributed by atoms with Crippen LogP contribution in [0.15, 0.2) is 38.2 Å². The number of aliphatic carboxylic acids is 1. The van der Waals surface area contributed by atoms with Gasteiger partial charge in [0.1, 0.15) is 17.4 Å². The summed E-state index contributed by atoms with van der Waals surface area (Å²) in [5.74, 6) is -6.94. The molecule has 276 valence electrons. The van der Waals surface area contributed by atoms with Crippen molar-refractivity contribution in [2.24, 2.45) is 5.16 Å². The summed E-state index contributed by atoms with van der Waals surface area (Å²) in [5.41, 5.74) is 2.25. The Morgan fingerprint density at radius 2 is 1.94 bits per heavy atom. The highest BCUT2D eigenvalue weighted by Gasteiger charge is 2.56. The number of rotatable bonds is 12. The number of β-lactam (4-membered cyclic amide) rings is 1. The maximum Gasteiger partial charge on any atom is 0.362 e. The Balaban J connectivity index is 1.11. The molecule has 3 aromatic heterocycles. The summed E-state index contributed by atoms with van der Waals surface area (Å²) >= 11 is 0.909. The van der Waals surface area contributed by atoms with Crippen molar-refractivity contribution >= 4 is 62.1 Å². The fourth-order valence-electron chi connectivity index (χ4n) is 5.46. The molecule has 3 fully saturated rings. The molecule has 0 unspecified atom stereocenters. The van der Waals surface area contributed by atoms with Crippen LogP contribution in [0.5, 0.6) is 5.75 Å². The first-order chi connectivity index (χ1) is 24.5. The predicted octanol–water partition coefficient (Wildman–Crippen LogP) is -2.29. The molecule has 3 aliphatic rings. The monoisotopic (exact) mass is 765 g/mol. The molecule has 8 N–H and O–H groups in total. The second kappa shape index (κ2) is 13.2. The molecule has 52 heavy (non-hydrogen) atoms. The maximum atomic E-state index is 13.3. The molecule has 0 bridgehead atoms. The first-order valence-corrected chi connectivity index (χ1v) is 17.3. The second-order valence-corrected chi connectivity index (χ2v) is 14.0. The van der Waals surface area contributed by atoms with Crippen LogP contribution in [0, 0.1) is 0 Å². The van der Waals surface area contributed by atoms with Crippen LogP contribution in [0.3, 0.4) is 0 Å². The number of thiazole rings is 1. The average molecular weight is 766 g/mol. The van der Waals surface area contributed by atoms with E-state index in [2.05, 4.69) is 25.9 Å². The van der Waals surface area contributed by atoms with Gasteiger partial charge in [-0.25, -0.2) is 14.1 Å². The Morgan fingerprint density at radius 3 is 2.58 bits per heavy atom. The van der Waals surface area contributed by atoms with Gasteiger partial charge in [-0.05, 0) is 6.42 Å².